The number of rotatable bonds is 6. The van der Waals surface area contributed by atoms with Gasteiger partial charge in [0.05, 0.1) is 5.75 Å². The van der Waals surface area contributed by atoms with E-state index in [0.29, 0.717) is 19.6 Å². The van der Waals surface area contributed by atoms with E-state index in [1.165, 1.54) is 12.1 Å². The molecule has 0 amide bonds. The third-order valence-electron chi connectivity index (χ3n) is 3.63. The van der Waals surface area contributed by atoms with Gasteiger partial charge in [-0.05, 0) is 24.3 Å². The lowest BCUT2D eigenvalue weighted by molar-refractivity contribution is -0.134. The topological polar surface area (TPSA) is 77.9 Å². The van der Waals surface area contributed by atoms with Gasteiger partial charge in [0.1, 0.15) is 11.6 Å². The van der Waals surface area contributed by atoms with Gasteiger partial charge in [-0.2, -0.15) is 0 Å². The van der Waals surface area contributed by atoms with E-state index in [4.69, 9.17) is 5.11 Å². The maximum absolute atomic E-state index is 12.9. The maximum atomic E-state index is 12.9. The SMILES string of the molecule is O=C(O)CS(=O)(=O)CCN1CCN(c2ccc(F)cc2)CC1. The van der Waals surface area contributed by atoms with E-state index in [9.17, 15) is 17.6 Å². The molecule has 22 heavy (non-hydrogen) atoms. The van der Waals surface area contributed by atoms with E-state index >= 15 is 0 Å². The number of carbonyl (C=O) groups is 1. The molecule has 1 aliphatic heterocycles. The van der Waals surface area contributed by atoms with Crippen LogP contribution in [-0.4, -0.2) is 68.6 Å². The molecule has 1 aliphatic rings. The minimum absolute atomic E-state index is 0.143. The van der Waals surface area contributed by atoms with Gasteiger partial charge in [0.2, 0.25) is 0 Å². The second kappa shape index (κ2) is 7.06. The molecule has 0 spiro atoms. The lowest BCUT2D eigenvalue weighted by Crippen LogP contribution is -2.47. The van der Waals surface area contributed by atoms with Gasteiger partial charge in [-0.1, -0.05) is 0 Å². The Morgan fingerprint density at radius 3 is 2.27 bits per heavy atom. The van der Waals surface area contributed by atoms with Crippen LogP contribution in [0.15, 0.2) is 24.3 Å². The summed E-state index contributed by atoms with van der Waals surface area (Å²) in [6.45, 7) is 3.18. The lowest BCUT2D eigenvalue weighted by atomic mass is 10.2. The summed E-state index contributed by atoms with van der Waals surface area (Å²) < 4.78 is 36.0. The fraction of sp³-hybridized carbons (Fsp3) is 0.500. The number of aliphatic carboxylic acids is 1. The number of hydrogen-bond donors (Lipinski definition) is 1. The summed E-state index contributed by atoms with van der Waals surface area (Å²) in [4.78, 5) is 14.6. The molecule has 0 unspecified atom stereocenters. The van der Waals surface area contributed by atoms with Gasteiger partial charge in [0.25, 0.3) is 0 Å². The Morgan fingerprint density at radius 1 is 1.14 bits per heavy atom. The molecule has 0 bridgehead atoms. The Balaban J connectivity index is 1.80. The Hall–Kier alpha value is -1.67. The molecule has 1 heterocycles. The van der Waals surface area contributed by atoms with Crippen molar-refractivity contribution in [2.75, 3.05) is 49.1 Å². The number of hydrogen-bond acceptors (Lipinski definition) is 5. The van der Waals surface area contributed by atoms with E-state index in [0.717, 1.165) is 18.8 Å². The number of benzene rings is 1. The second-order valence-corrected chi connectivity index (χ2v) is 7.47. The summed E-state index contributed by atoms with van der Waals surface area (Å²) in [6, 6.07) is 6.28. The van der Waals surface area contributed by atoms with Crippen molar-refractivity contribution < 1.29 is 22.7 Å². The normalized spacial score (nSPS) is 16.7. The van der Waals surface area contributed by atoms with Crippen molar-refractivity contribution in [1.82, 2.24) is 4.90 Å². The van der Waals surface area contributed by atoms with E-state index in [-0.39, 0.29) is 11.6 Å². The minimum atomic E-state index is -3.55. The molecule has 0 atom stereocenters. The first-order valence-corrected chi connectivity index (χ1v) is 8.83. The maximum Gasteiger partial charge on any atom is 0.318 e. The van der Waals surface area contributed by atoms with Gasteiger partial charge in [-0.25, -0.2) is 12.8 Å². The highest BCUT2D eigenvalue weighted by atomic mass is 32.2. The standard InChI is InChI=1S/C14H19FN2O4S/c15-12-1-3-13(4-2-12)17-7-5-16(6-8-17)9-10-22(20,21)11-14(18)19/h1-4H,5-11H2,(H,18,19). The molecule has 2 rings (SSSR count). The van der Waals surface area contributed by atoms with Crippen LogP contribution >= 0.6 is 0 Å². The van der Waals surface area contributed by atoms with E-state index in [2.05, 4.69) is 4.90 Å². The van der Waals surface area contributed by atoms with Crippen molar-refractivity contribution in [1.29, 1.82) is 0 Å². The highest BCUT2D eigenvalue weighted by molar-refractivity contribution is 7.92. The molecule has 0 radical (unpaired) electrons. The van der Waals surface area contributed by atoms with E-state index < -0.39 is 21.6 Å². The van der Waals surface area contributed by atoms with Crippen LogP contribution in [0.2, 0.25) is 0 Å². The fourth-order valence-electron chi connectivity index (χ4n) is 2.41. The zero-order valence-corrected chi connectivity index (χ0v) is 12.9. The van der Waals surface area contributed by atoms with Crippen molar-refractivity contribution in [3.8, 4) is 0 Å². The summed E-state index contributed by atoms with van der Waals surface area (Å²) >= 11 is 0. The number of carboxylic acid groups (broad SMARTS) is 1. The Bertz CT molecular complexity index is 610. The van der Waals surface area contributed by atoms with Crippen molar-refractivity contribution in [2.45, 2.75) is 0 Å². The van der Waals surface area contributed by atoms with Crippen LogP contribution in [0.5, 0.6) is 0 Å². The number of nitrogens with zero attached hydrogens (tertiary/aromatic N) is 2. The van der Waals surface area contributed by atoms with Crippen LogP contribution in [0.3, 0.4) is 0 Å². The molecule has 8 heteroatoms. The van der Waals surface area contributed by atoms with Crippen molar-refractivity contribution in [3.05, 3.63) is 30.1 Å². The van der Waals surface area contributed by atoms with Crippen LogP contribution < -0.4 is 4.90 Å². The number of anilines is 1. The van der Waals surface area contributed by atoms with Crippen LogP contribution in [0, 0.1) is 5.82 Å². The van der Waals surface area contributed by atoms with Crippen LogP contribution in [-0.2, 0) is 14.6 Å². The summed E-state index contributed by atoms with van der Waals surface area (Å²) in [7, 11) is -3.55. The molecule has 122 valence electrons. The van der Waals surface area contributed by atoms with Crippen molar-refractivity contribution in [3.63, 3.8) is 0 Å². The molecule has 0 saturated carbocycles. The average molecular weight is 330 g/mol. The zero-order valence-electron chi connectivity index (χ0n) is 12.1. The molecule has 0 aromatic heterocycles. The average Bonchev–Trinajstić information content (AvgIpc) is 2.45. The minimum Gasteiger partial charge on any atom is -0.480 e. The highest BCUT2D eigenvalue weighted by Gasteiger charge is 2.21. The van der Waals surface area contributed by atoms with Crippen LogP contribution in [0.25, 0.3) is 0 Å². The van der Waals surface area contributed by atoms with Gasteiger partial charge < -0.3 is 10.0 Å². The van der Waals surface area contributed by atoms with Gasteiger partial charge in [-0.3, -0.25) is 9.69 Å². The Kier molecular flexibility index (Phi) is 5.36. The smallest absolute Gasteiger partial charge is 0.318 e. The third-order valence-corrected chi connectivity index (χ3v) is 5.12. The molecule has 1 aromatic rings. The van der Waals surface area contributed by atoms with Gasteiger partial charge in [0, 0.05) is 38.4 Å². The molecular weight excluding hydrogens is 311 g/mol. The lowest BCUT2D eigenvalue weighted by Gasteiger charge is -2.36. The highest BCUT2D eigenvalue weighted by Crippen LogP contribution is 2.16. The monoisotopic (exact) mass is 330 g/mol. The van der Waals surface area contributed by atoms with Crippen LogP contribution in [0.1, 0.15) is 0 Å². The summed E-state index contributed by atoms with van der Waals surface area (Å²) in [5.41, 5.74) is 0.944. The second-order valence-electron chi connectivity index (χ2n) is 5.29. The first-order valence-electron chi connectivity index (χ1n) is 7.01. The predicted octanol–water partition coefficient (Wildman–Crippen LogP) is 0.447. The summed E-state index contributed by atoms with van der Waals surface area (Å²) in [6.07, 6.45) is 0. The van der Waals surface area contributed by atoms with Crippen molar-refractivity contribution >= 4 is 21.5 Å². The summed E-state index contributed by atoms with van der Waals surface area (Å²) in [5.74, 6) is -2.55. The molecule has 1 fully saturated rings. The molecule has 1 aromatic carbocycles. The number of halogens is 1. The first-order chi connectivity index (χ1) is 10.4. The molecule has 0 aliphatic carbocycles. The summed E-state index contributed by atoms with van der Waals surface area (Å²) in [5, 5.41) is 8.54. The Labute approximate surface area is 129 Å². The van der Waals surface area contributed by atoms with E-state index in [1.54, 1.807) is 12.1 Å². The Morgan fingerprint density at radius 2 is 1.73 bits per heavy atom. The predicted molar refractivity (Wildman–Crippen MR) is 81.3 cm³/mol. The van der Waals surface area contributed by atoms with Gasteiger partial charge in [0.15, 0.2) is 9.84 Å². The van der Waals surface area contributed by atoms with Gasteiger partial charge >= 0.3 is 5.97 Å². The molecule has 1 saturated heterocycles. The number of piperazine rings is 1. The number of sulfone groups is 1. The molecule has 6 nitrogen and oxygen atoms in total. The van der Waals surface area contributed by atoms with Gasteiger partial charge in [-0.15, -0.1) is 0 Å². The molecular formula is C14H19FN2O4S. The number of carboxylic acids is 1. The van der Waals surface area contributed by atoms with E-state index in [1.807, 2.05) is 4.90 Å². The third kappa shape index (κ3) is 4.96. The van der Waals surface area contributed by atoms with Crippen molar-refractivity contribution in [2.24, 2.45) is 0 Å². The zero-order chi connectivity index (χ0) is 16.2. The quantitative estimate of drug-likeness (QED) is 0.816. The largest absolute Gasteiger partial charge is 0.480 e. The first kappa shape index (κ1) is 16.7. The van der Waals surface area contributed by atoms with Crippen LogP contribution in [0.4, 0.5) is 10.1 Å². The fourth-order valence-corrected chi connectivity index (χ4v) is 3.47. The molecule has 1 N–H and O–H groups in total.